The molecule has 0 N–H and O–H groups in total. The zero-order valence-corrected chi connectivity index (χ0v) is 13.9. The largest absolute Gasteiger partial charge is 0.493 e. The van der Waals surface area contributed by atoms with Crippen LogP contribution in [-0.2, 0) is 16.0 Å². The molecule has 0 spiro atoms. The minimum Gasteiger partial charge on any atom is -0.493 e. The zero-order valence-electron chi connectivity index (χ0n) is 13.9. The predicted molar refractivity (Wildman–Crippen MR) is 86.2 cm³/mol. The summed E-state index contributed by atoms with van der Waals surface area (Å²) in [5.41, 5.74) is 1.64. The van der Waals surface area contributed by atoms with E-state index in [0.717, 1.165) is 17.7 Å². The van der Waals surface area contributed by atoms with E-state index in [-0.39, 0.29) is 17.8 Å². The summed E-state index contributed by atoms with van der Waals surface area (Å²) in [5.74, 6) is 0.760. The molecule has 0 saturated carbocycles. The molecular weight excluding hydrogens is 294 g/mol. The van der Waals surface area contributed by atoms with Crippen molar-refractivity contribution < 1.29 is 19.0 Å². The number of nitriles is 1. The lowest BCUT2D eigenvalue weighted by Crippen LogP contribution is -2.12. The van der Waals surface area contributed by atoms with Crippen LogP contribution in [0.2, 0.25) is 0 Å². The Kier molecular flexibility index (Phi) is 5.28. The van der Waals surface area contributed by atoms with Gasteiger partial charge in [0.1, 0.15) is 29.2 Å². The Morgan fingerprint density at radius 1 is 1.52 bits per heavy atom. The van der Waals surface area contributed by atoms with Crippen molar-refractivity contribution in [2.75, 3.05) is 6.61 Å². The first-order valence-corrected chi connectivity index (χ1v) is 7.73. The van der Waals surface area contributed by atoms with Crippen molar-refractivity contribution in [3.63, 3.8) is 0 Å². The number of hydrogen-bond acceptors (Lipinski definition) is 5. The fourth-order valence-corrected chi connectivity index (χ4v) is 2.42. The summed E-state index contributed by atoms with van der Waals surface area (Å²) >= 11 is 0. The van der Waals surface area contributed by atoms with Crippen LogP contribution in [0.5, 0.6) is 11.5 Å². The summed E-state index contributed by atoms with van der Waals surface area (Å²) in [4.78, 5) is 12.0. The highest BCUT2D eigenvalue weighted by atomic mass is 16.5. The SMILES string of the molecule is CCOc1cc2c(cc1/C=C(/C#N)C(=O)OC(C)C)OC(C)C2. The minimum absolute atomic E-state index is 0.0642. The standard InChI is InChI=1S/C18H21NO4/c1-5-21-16-8-13-6-12(4)23-17(13)9-14(16)7-15(10-19)18(20)22-11(2)3/h7-9,11-12H,5-6H2,1-4H3/b15-7-. The van der Waals surface area contributed by atoms with Gasteiger partial charge < -0.3 is 14.2 Å². The molecule has 0 radical (unpaired) electrons. The second kappa shape index (κ2) is 7.19. The van der Waals surface area contributed by atoms with E-state index in [1.807, 2.05) is 32.0 Å². The molecule has 1 atom stereocenters. The molecule has 2 rings (SSSR count). The van der Waals surface area contributed by atoms with Crippen LogP contribution in [0.15, 0.2) is 17.7 Å². The molecule has 1 aliphatic heterocycles. The van der Waals surface area contributed by atoms with Crippen LogP contribution < -0.4 is 9.47 Å². The van der Waals surface area contributed by atoms with Crippen LogP contribution in [0.25, 0.3) is 6.08 Å². The molecule has 0 amide bonds. The first-order valence-electron chi connectivity index (χ1n) is 7.73. The molecule has 1 aliphatic rings. The second-order valence-corrected chi connectivity index (χ2v) is 5.69. The molecule has 1 aromatic rings. The molecule has 1 heterocycles. The Morgan fingerprint density at radius 2 is 2.26 bits per heavy atom. The Morgan fingerprint density at radius 3 is 2.87 bits per heavy atom. The lowest BCUT2D eigenvalue weighted by atomic mass is 10.0. The van der Waals surface area contributed by atoms with Crippen molar-refractivity contribution in [1.29, 1.82) is 5.26 Å². The van der Waals surface area contributed by atoms with E-state index < -0.39 is 5.97 Å². The molecule has 1 aromatic carbocycles. The van der Waals surface area contributed by atoms with E-state index in [9.17, 15) is 10.1 Å². The van der Waals surface area contributed by atoms with Gasteiger partial charge in [-0.3, -0.25) is 0 Å². The lowest BCUT2D eigenvalue weighted by molar-refractivity contribution is -0.142. The third-order valence-corrected chi connectivity index (χ3v) is 3.31. The second-order valence-electron chi connectivity index (χ2n) is 5.69. The quantitative estimate of drug-likeness (QED) is 0.474. The van der Waals surface area contributed by atoms with Gasteiger partial charge in [-0.15, -0.1) is 0 Å². The van der Waals surface area contributed by atoms with E-state index in [4.69, 9.17) is 14.2 Å². The van der Waals surface area contributed by atoms with Crippen molar-refractivity contribution >= 4 is 12.0 Å². The first kappa shape index (κ1) is 16.9. The number of ether oxygens (including phenoxy) is 3. The van der Waals surface area contributed by atoms with E-state index in [1.165, 1.54) is 6.08 Å². The maximum atomic E-state index is 12.0. The summed E-state index contributed by atoms with van der Waals surface area (Å²) in [6.45, 7) is 7.86. The highest BCUT2D eigenvalue weighted by molar-refractivity contribution is 5.98. The summed E-state index contributed by atoms with van der Waals surface area (Å²) in [6, 6.07) is 5.61. The highest BCUT2D eigenvalue weighted by Gasteiger charge is 2.22. The van der Waals surface area contributed by atoms with Crippen LogP contribution in [0.1, 0.15) is 38.8 Å². The number of carbonyl (C=O) groups is 1. The Balaban J connectivity index is 2.41. The monoisotopic (exact) mass is 315 g/mol. The van der Waals surface area contributed by atoms with Gasteiger partial charge in [-0.1, -0.05) is 0 Å². The Bertz CT molecular complexity index is 670. The molecular formula is C18H21NO4. The highest BCUT2D eigenvalue weighted by Crippen LogP contribution is 2.36. The van der Waals surface area contributed by atoms with Gasteiger partial charge in [0.2, 0.25) is 0 Å². The summed E-state index contributed by atoms with van der Waals surface area (Å²) in [6.07, 6.45) is 2.14. The first-order chi connectivity index (χ1) is 10.9. The molecule has 0 fully saturated rings. The molecule has 5 heteroatoms. The number of nitrogens with zero attached hydrogens (tertiary/aromatic N) is 1. The maximum absolute atomic E-state index is 12.0. The molecule has 23 heavy (non-hydrogen) atoms. The normalized spacial score (nSPS) is 16.5. The van der Waals surface area contributed by atoms with Crippen LogP contribution in [0.3, 0.4) is 0 Å². The molecule has 1 unspecified atom stereocenters. The Hall–Kier alpha value is -2.48. The minimum atomic E-state index is -0.639. The number of esters is 1. The summed E-state index contributed by atoms with van der Waals surface area (Å²) < 4.78 is 16.5. The van der Waals surface area contributed by atoms with E-state index in [0.29, 0.717) is 17.9 Å². The number of rotatable bonds is 5. The van der Waals surface area contributed by atoms with Crippen LogP contribution in [-0.4, -0.2) is 24.8 Å². The number of fused-ring (bicyclic) bond motifs is 1. The third-order valence-electron chi connectivity index (χ3n) is 3.31. The maximum Gasteiger partial charge on any atom is 0.349 e. The molecule has 0 bridgehead atoms. The topological polar surface area (TPSA) is 68.5 Å². The lowest BCUT2D eigenvalue weighted by Gasteiger charge is -2.11. The van der Waals surface area contributed by atoms with Gasteiger partial charge in [0.15, 0.2) is 0 Å². The third kappa shape index (κ3) is 4.04. The van der Waals surface area contributed by atoms with Gasteiger partial charge in [0, 0.05) is 17.5 Å². The molecule has 5 nitrogen and oxygen atoms in total. The smallest absolute Gasteiger partial charge is 0.349 e. The predicted octanol–water partition coefficient (Wildman–Crippen LogP) is 3.27. The Labute approximate surface area is 136 Å². The summed E-state index contributed by atoms with van der Waals surface area (Å²) in [5, 5.41) is 9.24. The van der Waals surface area contributed by atoms with Gasteiger partial charge in [-0.25, -0.2) is 4.79 Å². The van der Waals surface area contributed by atoms with E-state index in [1.54, 1.807) is 13.8 Å². The molecule has 0 aliphatic carbocycles. The van der Waals surface area contributed by atoms with Crippen molar-refractivity contribution in [3.05, 3.63) is 28.8 Å². The van der Waals surface area contributed by atoms with Crippen molar-refractivity contribution in [3.8, 4) is 17.6 Å². The van der Waals surface area contributed by atoms with Crippen LogP contribution in [0, 0.1) is 11.3 Å². The van der Waals surface area contributed by atoms with Gasteiger partial charge in [-0.2, -0.15) is 5.26 Å². The fraction of sp³-hybridized carbons (Fsp3) is 0.444. The number of benzene rings is 1. The van der Waals surface area contributed by atoms with Crippen molar-refractivity contribution in [1.82, 2.24) is 0 Å². The van der Waals surface area contributed by atoms with E-state index in [2.05, 4.69) is 0 Å². The van der Waals surface area contributed by atoms with Crippen molar-refractivity contribution in [2.45, 2.75) is 46.3 Å². The molecule has 122 valence electrons. The average molecular weight is 315 g/mol. The molecule has 0 saturated heterocycles. The van der Waals surface area contributed by atoms with Crippen LogP contribution in [0.4, 0.5) is 0 Å². The van der Waals surface area contributed by atoms with Crippen molar-refractivity contribution in [2.24, 2.45) is 0 Å². The van der Waals surface area contributed by atoms with Gasteiger partial charge in [-0.05, 0) is 45.9 Å². The van der Waals surface area contributed by atoms with Crippen LogP contribution >= 0.6 is 0 Å². The van der Waals surface area contributed by atoms with Gasteiger partial charge in [0.25, 0.3) is 0 Å². The average Bonchev–Trinajstić information content (AvgIpc) is 2.83. The molecule has 0 aromatic heterocycles. The number of carbonyl (C=O) groups excluding carboxylic acids is 1. The summed E-state index contributed by atoms with van der Waals surface area (Å²) in [7, 11) is 0. The van der Waals surface area contributed by atoms with E-state index >= 15 is 0 Å². The fourth-order valence-electron chi connectivity index (χ4n) is 2.42. The van der Waals surface area contributed by atoms with Gasteiger partial charge in [0.05, 0.1) is 12.7 Å². The number of hydrogen-bond donors (Lipinski definition) is 0. The zero-order chi connectivity index (χ0) is 17.0. The van der Waals surface area contributed by atoms with Gasteiger partial charge >= 0.3 is 5.97 Å².